The van der Waals surface area contributed by atoms with Crippen LogP contribution in [0, 0.1) is 0 Å². The largest absolute Gasteiger partial charge is 0.379 e. The van der Waals surface area contributed by atoms with Crippen LogP contribution in [0.25, 0.3) is 0 Å². The summed E-state index contributed by atoms with van der Waals surface area (Å²) in [6.07, 6.45) is 6.44. The Balaban J connectivity index is 1.37. The van der Waals surface area contributed by atoms with Gasteiger partial charge in [0.05, 0.1) is 25.1 Å². The van der Waals surface area contributed by atoms with Crippen molar-refractivity contribution in [3.8, 4) is 0 Å². The predicted octanol–water partition coefficient (Wildman–Crippen LogP) is 1.04. The number of anilines is 1. The number of nitrogens with zero attached hydrogens (tertiary/aromatic N) is 2. The quantitative estimate of drug-likeness (QED) is 0.664. The van der Waals surface area contributed by atoms with E-state index in [1.54, 1.807) is 6.20 Å². The molecule has 3 N–H and O–H groups in total. The molecule has 2 unspecified atom stereocenters. The molecule has 1 fully saturated rings. The van der Waals surface area contributed by atoms with E-state index in [0.717, 1.165) is 30.9 Å². The number of pyridine rings is 2. The molecule has 2 aromatic rings. The van der Waals surface area contributed by atoms with Crippen LogP contribution in [0.2, 0.25) is 0 Å². The number of hydrogen-bond donors (Lipinski definition) is 3. The van der Waals surface area contributed by atoms with E-state index in [2.05, 4.69) is 25.9 Å². The van der Waals surface area contributed by atoms with Crippen LogP contribution in [0.3, 0.4) is 0 Å². The topological polar surface area (TPSA) is 71.1 Å². The van der Waals surface area contributed by atoms with Crippen molar-refractivity contribution in [1.29, 1.82) is 0 Å². The van der Waals surface area contributed by atoms with E-state index in [4.69, 9.17) is 4.74 Å². The highest BCUT2D eigenvalue weighted by Gasteiger charge is 2.20. The zero-order chi connectivity index (χ0) is 15.7. The van der Waals surface area contributed by atoms with Gasteiger partial charge >= 0.3 is 0 Å². The monoisotopic (exact) mass is 313 g/mol. The molecular formula is C17H23N5O. The molecule has 0 radical (unpaired) electrons. The molecule has 0 amide bonds. The number of aromatic nitrogens is 2. The summed E-state index contributed by atoms with van der Waals surface area (Å²) < 4.78 is 5.79. The van der Waals surface area contributed by atoms with Gasteiger partial charge in [-0.2, -0.15) is 0 Å². The zero-order valence-corrected chi connectivity index (χ0v) is 13.1. The van der Waals surface area contributed by atoms with E-state index in [-0.39, 0.29) is 6.17 Å². The van der Waals surface area contributed by atoms with Gasteiger partial charge in [0.15, 0.2) is 0 Å². The van der Waals surface area contributed by atoms with Gasteiger partial charge in [0.25, 0.3) is 0 Å². The molecule has 0 aromatic carbocycles. The van der Waals surface area contributed by atoms with Crippen LogP contribution in [0.4, 0.5) is 5.69 Å². The Bertz CT molecular complexity index is 566. The highest BCUT2D eigenvalue weighted by atomic mass is 16.5. The molecule has 1 aliphatic heterocycles. The predicted molar refractivity (Wildman–Crippen MR) is 90.2 cm³/mol. The minimum atomic E-state index is 0.178. The third kappa shape index (κ3) is 5.28. The number of ether oxygens (including phenoxy) is 1. The van der Waals surface area contributed by atoms with Gasteiger partial charge in [-0.15, -0.1) is 0 Å². The van der Waals surface area contributed by atoms with Crippen molar-refractivity contribution >= 4 is 5.69 Å². The molecule has 122 valence electrons. The van der Waals surface area contributed by atoms with Gasteiger partial charge in [0.2, 0.25) is 0 Å². The van der Waals surface area contributed by atoms with Gasteiger partial charge in [-0.05, 0) is 24.3 Å². The first-order valence-electron chi connectivity index (χ1n) is 8.01. The van der Waals surface area contributed by atoms with E-state index in [1.807, 2.05) is 42.7 Å². The number of rotatable bonds is 7. The summed E-state index contributed by atoms with van der Waals surface area (Å²) in [4.78, 5) is 8.42. The van der Waals surface area contributed by atoms with Crippen molar-refractivity contribution in [2.24, 2.45) is 0 Å². The van der Waals surface area contributed by atoms with Crippen LogP contribution in [0.1, 0.15) is 5.69 Å². The fourth-order valence-electron chi connectivity index (χ4n) is 2.60. The van der Waals surface area contributed by atoms with Crippen molar-refractivity contribution < 1.29 is 4.74 Å². The minimum absolute atomic E-state index is 0.178. The Morgan fingerprint density at radius 3 is 3.00 bits per heavy atom. The van der Waals surface area contributed by atoms with E-state index in [0.29, 0.717) is 19.3 Å². The fraction of sp³-hybridized carbons (Fsp3) is 0.412. The van der Waals surface area contributed by atoms with E-state index < -0.39 is 0 Å². The van der Waals surface area contributed by atoms with Gasteiger partial charge in [-0.3, -0.25) is 15.3 Å². The van der Waals surface area contributed by atoms with Gasteiger partial charge in [-0.25, -0.2) is 0 Å². The van der Waals surface area contributed by atoms with Gasteiger partial charge < -0.3 is 15.4 Å². The second-order valence-corrected chi connectivity index (χ2v) is 5.61. The van der Waals surface area contributed by atoms with Gasteiger partial charge in [-0.1, -0.05) is 6.07 Å². The lowest BCUT2D eigenvalue weighted by atomic mass is 10.2. The van der Waals surface area contributed by atoms with Crippen molar-refractivity contribution in [2.45, 2.75) is 18.6 Å². The molecule has 2 aromatic heterocycles. The Kier molecular flexibility index (Phi) is 5.91. The minimum Gasteiger partial charge on any atom is -0.379 e. The van der Waals surface area contributed by atoms with E-state index in [9.17, 15) is 0 Å². The first kappa shape index (κ1) is 15.9. The molecule has 6 heteroatoms. The molecule has 1 aliphatic rings. The lowest BCUT2D eigenvalue weighted by Crippen LogP contribution is -2.59. The van der Waals surface area contributed by atoms with Crippen molar-refractivity contribution in [1.82, 2.24) is 20.6 Å². The van der Waals surface area contributed by atoms with Crippen molar-refractivity contribution in [2.75, 3.05) is 31.6 Å². The summed E-state index contributed by atoms with van der Waals surface area (Å²) in [5.41, 5.74) is 2.09. The van der Waals surface area contributed by atoms with Crippen LogP contribution in [0.15, 0.2) is 48.9 Å². The summed E-state index contributed by atoms with van der Waals surface area (Å²) in [6.45, 7) is 3.16. The van der Waals surface area contributed by atoms with Crippen LogP contribution in [-0.4, -0.2) is 48.5 Å². The van der Waals surface area contributed by atoms with E-state index in [1.165, 1.54) is 0 Å². The van der Waals surface area contributed by atoms with Crippen LogP contribution < -0.4 is 16.0 Å². The average molecular weight is 313 g/mol. The third-order valence-electron chi connectivity index (χ3n) is 3.73. The molecule has 2 atom stereocenters. The summed E-state index contributed by atoms with van der Waals surface area (Å²) in [5.74, 6) is 0. The molecule has 0 aliphatic carbocycles. The molecular weight excluding hydrogens is 290 g/mol. The number of piperazine rings is 1. The maximum Gasteiger partial charge on any atom is 0.0899 e. The number of hydrogen-bond acceptors (Lipinski definition) is 6. The normalized spacial score (nSPS) is 21.0. The van der Waals surface area contributed by atoms with E-state index >= 15 is 0 Å². The Hall–Kier alpha value is -2.02. The fourth-order valence-corrected chi connectivity index (χ4v) is 2.60. The Labute approximate surface area is 136 Å². The second-order valence-electron chi connectivity index (χ2n) is 5.61. The van der Waals surface area contributed by atoms with Crippen LogP contribution >= 0.6 is 0 Å². The average Bonchev–Trinajstić information content (AvgIpc) is 2.61. The van der Waals surface area contributed by atoms with Crippen molar-refractivity contribution in [3.63, 3.8) is 0 Å². The summed E-state index contributed by atoms with van der Waals surface area (Å²) in [5, 5.41) is 10.4. The standard InChI is InChI=1S/C17H23N5O/c1-2-8-20-14(4-1)6-9-23-13-16-11-19-12-17(22-16)21-15-5-3-7-18-10-15/h1-5,7-8,10,16-17,19,21-22H,6,9,11-13H2. The maximum absolute atomic E-state index is 5.79. The smallest absolute Gasteiger partial charge is 0.0899 e. The lowest BCUT2D eigenvalue weighted by molar-refractivity contribution is 0.104. The maximum atomic E-state index is 5.79. The summed E-state index contributed by atoms with van der Waals surface area (Å²) in [7, 11) is 0. The van der Waals surface area contributed by atoms with Gasteiger partial charge in [0.1, 0.15) is 0 Å². The Morgan fingerprint density at radius 1 is 1.17 bits per heavy atom. The third-order valence-corrected chi connectivity index (χ3v) is 3.73. The molecule has 0 bridgehead atoms. The molecule has 3 heterocycles. The van der Waals surface area contributed by atoms with Crippen LogP contribution in [0.5, 0.6) is 0 Å². The molecule has 0 spiro atoms. The Morgan fingerprint density at radius 2 is 2.17 bits per heavy atom. The first-order valence-corrected chi connectivity index (χ1v) is 8.01. The molecule has 0 saturated carbocycles. The lowest BCUT2D eigenvalue weighted by Gasteiger charge is -2.32. The highest BCUT2D eigenvalue weighted by molar-refractivity contribution is 5.40. The highest BCUT2D eigenvalue weighted by Crippen LogP contribution is 2.06. The molecule has 3 rings (SSSR count). The SMILES string of the molecule is c1ccc(CCOCC2CNCC(Nc3cccnc3)N2)nc1. The summed E-state index contributed by atoms with van der Waals surface area (Å²) >= 11 is 0. The molecule has 23 heavy (non-hydrogen) atoms. The van der Waals surface area contributed by atoms with Crippen molar-refractivity contribution in [3.05, 3.63) is 54.6 Å². The summed E-state index contributed by atoms with van der Waals surface area (Å²) in [6, 6.07) is 10.2. The zero-order valence-electron chi connectivity index (χ0n) is 13.1. The molecule has 1 saturated heterocycles. The second kappa shape index (κ2) is 8.57. The molecule has 6 nitrogen and oxygen atoms in total. The first-order chi connectivity index (χ1) is 11.4. The van der Waals surface area contributed by atoms with Crippen LogP contribution in [-0.2, 0) is 11.2 Å². The van der Waals surface area contributed by atoms with Gasteiger partial charge in [0, 0.05) is 49.8 Å². The number of nitrogens with one attached hydrogen (secondary N) is 3.